The second-order valence-electron chi connectivity index (χ2n) is 5.21. The van der Waals surface area contributed by atoms with Crippen LogP contribution >= 0.6 is 15.9 Å². The Morgan fingerprint density at radius 1 is 1.38 bits per heavy atom. The molecule has 2 amide bonds. The summed E-state index contributed by atoms with van der Waals surface area (Å²) in [6.07, 6.45) is 5.90. The molecule has 138 valence electrons. The van der Waals surface area contributed by atoms with E-state index >= 15 is 0 Å². The molecular formula is C17H18BrFN4O3. The summed E-state index contributed by atoms with van der Waals surface area (Å²) in [6.45, 7) is 0.629. The Labute approximate surface area is 158 Å². The minimum absolute atomic E-state index is 0.144. The van der Waals surface area contributed by atoms with Gasteiger partial charge in [-0.05, 0) is 39.7 Å². The van der Waals surface area contributed by atoms with Gasteiger partial charge in [-0.1, -0.05) is 6.07 Å². The SMILES string of the molecule is COCCNC(=O)CNC(=O)/C=C/c1ccc(-n2cc(Br)cn2)c(F)c1. The minimum Gasteiger partial charge on any atom is -0.383 e. The van der Waals surface area contributed by atoms with Gasteiger partial charge in [0, 0.05) is 25.9 Å². The molecule has 0 spiro atoms. The molecule has 9 heteroatoms. The molecule has 0 aliphatic carbocycles. The number of ether oxygens (including phenoxy) is 1. The van der Waals surface area contributed by atoms with Crippen molar-refractivity contribution in [2.45, 2.75) is 0 Å². The number of nitrogens with zero attached hydrogens (tertiary/aromatic N) is 2. The van der Waals surface area contributed by atoms with Crippen molar-refractivity contribution in [1.82, 2.24) is 20.4 Å². The summed E-state index contributed by atoms with van der Waals surface area (Å²) in [5.74, 6) is -1.24. The molecule has 0 bridgehead atoms. The van der Waals surface area contributed by atoms with Gasteiger partial charge in [0.15, 0.2) is 0 Å². The molecule has 2 aromatic rings. The summed E-state index contributed by atoms with van der Waals surface area (Å²) in [7, 11) is 1.53. The van der Waals surface area contributed by atoms with Crippen LogP contribution in [0.15, 0.2) is 41.1 Å². The number of hydrogen-bond acceptors (Lipinski definition) is 4. The molecule has 26 heavy (non-hydrogen) atoms. The van der Waals surface area contributed by atoms with E-state index in [1.807, 2.05) is 0 Å². The summed E-state index contributed by atoms with van der Waals surface area (Å²) in [6, 6.07) is 4.52. The van der Waals surface area contributed by atoms with E-state index in [1.54, 1.807) is 24.5 Å². The molecule has 0 saturated heterocycles. The van der Waals surface area contributed by atoms with E-state index in [0.29, 0.717) is 24.4 Å². The third-order valence-corrected chi connectivity index (χ3v) is 3.66. The van der Waals surface area contributed by atoms with Gasteiger partial charge >= 0.3 is 0 Å². The molecule has 2 rings (SSSR count). The zero-order valence-electron chi connectivity index (χ0n) is 14.0. The average Bonchev–Trinajstić information content (AvgIpc) is 3.04. The third-order valence-electron chi connectivity index (χ3n) is 3.25. The summed E-state index contributed by atoms with van der Waals surface area (Å²) >= 11 is 3.26. The largest absolute Gasteiger partial charge is 0.383 e. The number of hydrogen-bond donors (Lipinski definition) is 2. The summed E-state index contributed by atoms with van der Waals surface area (Å²) in [5, 5.41) is 9.04. The number of methoxy groups -OCH3 is 1. The molecule has 0 aliphatic heterocycles. The van der Waals surface area contributed by atoms with Gasteiger partial charge in [-0.25, -0.2) is 9.07 Å². The lowest BCUT2D eigenvalue weighted by Gasteiger charge is -2.05. The number of rotatable bonds is 8. The first-order chi connectivity index (χ1) is 12.5. The molecule has 1 heterocycles. The van der Waals surface area contributed by atoms with Crippen molar-refractivity contribution in [1.29, 1.82) is 0 Å². The molecule has 7 nitrogen and oxygen atoms in total. The number of carbonyl (C=O) groups is 2. The Kier molecular flexibility index (Phi) is 7.49. The van der Waals surface area contributed by atoms with E-state index in [2.05, 4.69) is 31.7 Å². The number of benzene rings is 1. The van der Waals surface area contributed by atoms with Crippen molar-refractivity contribution in [2.24, 2.45) is 0 Å². The zero-order valence-corrected chi connectivity index (χ0v) is 15.6. The van der Waals surface area contributed by atoms with Gasteiger partial charge in [0.05, 0.1) is 23.8 Å². The van der Waals surface area contributed by atoms with Crippen LogP contribution in [0.2, 0.25) is 0 Å². The molecule has 1 aromatic heterocycles. The van der Waals surface area contributed by atoms with Crippen LogP contribution in [-0.4, -0.2) is 48.4 Å². The van der Waals surface area contributed by atoms with E-state index < -0.39 is 11.7 Å². The van der Waals surface area contributed by atoms with Crippen LogP contribution in [0, 0.1) is 5.82 Å². The quantitative estimate of drug-likeness (QED) is 0.498. The van der Waals surface area contributed by atoms with Crippen LogP contribution in [0.1, 0.15) is 5.56 Å². The van der Waals surface area contributed by atoms with Gasteiger partial charge in [-0.15, -0.1) is 0 Å². The smallest absolute Gasteiger partial charge is 0.244 e. The molecule has 0 fully saturated rings. The minimum atomic E-state index is -0.472. The van der Waals surface area contributed by atoms with E-state index in [1.165, 1.54) is 30.0 Å². The highest BCUT2D eigenvalue weighted by atomic mass is 79.9. The lowest BCUT2D eigenvalue weighted by molar-refractivity contribution is -0.124. The van der Waals surface area contributed by atoms with E-state index in [9.17, 15) is 14.0 Å². The maximum atomic E-state index is 14.2. The first kappa shape index (κ1) is 19.8. The highest BCUT2D eigenvalue weighted by Crippen LogP contribution is 2.17. The zero-order chi connectivity index (χ0) is 18.9. The van der Waals surface area contributed by atoms with Crippen molar-refractivity contribution >= 4 is 33.8 Å². The third kappa shape index (κ3) is 6.08. The Hall–Kier alpha value is -2.52. The fourth-order valence-electron chi connectivity index (χ4n) is 2.00. The van der Waals surface area contributed by atoms with Crippen LogP contribution in [-0.2, 0) is 14.3 Å². The van der Waals surface area contributed by atoms with Gasteiger partial charge in [0.25, 0.3) is 0 Å². The first-order valence-corrected chi connectivity index (χ1v) is 8.50. The normalized spacial score (nSPS) is 10.9. The predicted octanol–water partition coefficient (Wildman–Crippen LogP) is 1.67. The Balaban J connectivity index is 1.88. The second kappa shape index (κ2) is 9.83. The Morgan fingerprint density at radius 2 is 2.19 bits per heavy atom. The average molecular weight is 425 g/mol. The maximum absolute atomic E-state index is 14.2. The molecular weight excluding hydrogens is 407 g/mol. The number of halogens is 2. The maximum Gasteiger partial charge on any atom is 0.244 e. The molecule has 1 aromatic carbocycles. The van der Waals surface area contributed by atoms with E-state index in [0.717, 1.165) is 4.47 Å². The molecule has 0 saturated carbocycles. The topological polar surface area (TPSA) is 85.3 Å². The van der Waals surface area contributed by atoms with Gasteiger partial charge < -0.3 is 15.4 Å². The number of aromatic nitrogens is 2. The van der Waals surface area contributed by atoms with E-state index in [-0.39, 0.29) is 12.5 Å². The van der Waals surface area contributed by atoms with Crippen molar-refractivity contribution in [3.05, 3.63) is 52.5 Å². The van der Waals surface area contributed by atoms with Gasteiger partial charge in [-0.3, -0.25) is 9.59 Å². The van der Waals surface area contributed by atoms with Gasteiger partial charge in [0.2, 0.25) is 11.8 Å². The fourth-order valence-corrected chi connectivity index (χ4v) is 2.28. The fraction of sp³-hybridized carbons (Fsp3) is 0.235. The highest BCUT2D eigenvalue weighted by molar-refractivity contribution is 9.10. The molecule has 0 aliphatic rings. The summed E-state index contributed by atoms with van der Waals surface area (Å²) in [5.41, 5.74) is 0.808. The number of amides is 2. The second-order valence-corrected chi connectivity index (χ2v) is 6.12. The monoisotopic (exact) mass is 424 g/mol. The Bertz CT molecular complexity index is 807. The van der Waals surface area contributed by atoms with Crippen LogP contribution in [0.25, 0.3) is 11.8 Å². The number of nitrogens with one attached hydrogen (secondary N) is 2. The van der Waals surface area contributed by atoms with Crippen molar-refractivity contribution in [2.75, 3.05) is 26.8 Å². The number of carbonyl (C=O) groups excluding carboxylic acids is 2. The van der Waals surface area contributed by atoms with E-state index in [4.69, 9.17) is 4.74 Å². The van der Waals surface area contributed by atoms with Gasteiger partial charge in [-0.2, -0.15) is 5.10 Å². The van der Waals surface area contributed by atoms with Crippen LogP contribution in [0.4, 0.5) is 4.39 Å². The van der Waals surface area contributed by atoms with Crippen LogP contribution in [0.5, 0.6) is 0 Å². The van der Waals surface area contributed by atoms with Crippen LogP contribution < -0.4 is 10.6 Å². The summed E-state index contributed by atoms with van der Waals surface area (Å²) in [4.78, 5) is 23.2. The Morgan fingerprint density at radius 3 is 2.85 bits per heavy atom. The lowest BCUT2D eigenvalue weighted by atomic mass is 10.2. The van der Waals surface area contributed by atoms with Gasteiger partial charge in [0.1, 0.15) is 11.5 Å². The van der Waals surface area contributed by atoms with Crippen molar-refractivity contribution in [3.63, 3.8) is 0 Å². The summed E-state index contributed by atoms with van der Waals surface area (Å²) < 4.78 is 21.1. The van der Waals surface area contributed by atoms with Crippen molar-refractivity contribution in [3.8, 4) is 5.69 Å². The van der Waals surface area contributed by atoms with Crippen molar-refractivity contribution < 1.29 is 18.7 Å². The molecule has 2 N–H and O–H groups in total. The molecule has 0 atom stereocenters. The standard InChI is InChI=1S/C17H18BrFN4O3/c1-26-7-6-20-17(25)10-21-16(24)5-3-12-2-4-15(14(19)8-12)23-11-13(18)9-22-23/h2-5,8-9,11H,6-7,10H2,1H3,(H,20,25)(H,21,24)/b5-3+. The first-order valence-electron chi connectivity index (χ1n) is 7.71. The predicted molar refractivity (Wildman–Crippen MR) is 98.2 cm³/mol. The lowest BCUT2D eigenvalue weighted by Crippen LogP contribution is -2.37. The van der Waals surface area contributed by atoms with Crippen LogP contribution in [0.3, 0.4) is 0 Å². The molecule has 0 radical (unpaired) electrons. The highest BCUT2D eigenvalue weighted by Gasteiger charge is 2.07. The molecule has 0 unspecified atom stereocenters.